The lowest BCUT2D eigenvalue weighted by atomic mass is 9.79. The smallest absolute Gasteiger partial charge is 0.410 e. The molecule has 3 amide bonds. The first-order valence-corrected chi connectivity index (χ1v) is 12.6. The van der Waals surface area contributed by atoms with Gasteiger partial charge >= 0.3 is 6.09 Å². The molecule has 9 nitrogen and oxygen atoms in total. The van der Waals surface area contributed by atoms with Crippen molar-refractivity contribution in [2.45, 2.75) is 58.0 Å². The normalized spacial score (nSPS) is 22.3. The summed E-state index contributed by atoms with van der Waals surface area (Å²) in [5.41, 5.74) is 2.45. The van der Waals surface area contributed by atoms with Crippen LogP contribution in [-0.2, 0) is 21.4 Å². The maximum absolute atomic E-state index is 12.4. The Bertz CT molecular complexity index is 1150. The van der Waals surface area contributed by atoms with Crippen molar-refractivity contribution in [3.8, 4) is 0 Å². The van der Waals surface area contributed by atoms with E-state index in [-0.39, 0.29) is 23.8 Å². The number of imide groups is 1. The van der Waals surface area contributed by atoms with Gasteiger partial charge in [0, 0.05) is 50.7 Å². The summed E-state index contributed by atoms with van der Waals surface area (Å²) >= 11 is 0. The number of anilines is 1. The summed E-state index contributed by atoms with van der Waals surface area (Å²) in [7, 11) is 1.90. The van der Waals surface area contributed by atoms with E-state index >= 15 is 0 Å². The summed E-state index contributed by atoms with van der Waals surface area (Å²) in [6.07, 6.45) is 2.69. The topological polar surface area (TPSA) is 96.8 Å². The fraction of sp³-hybridized carbons (Fsp3) is 0.615. The van der Waals surface area contributed by atoms with E-state index in [1.54, 1.807) is 0 Å². The Morgan fingerprint density at radius 1 is 1.09 bits per heavy atom. The van der Waals surface area contributed by atoms with Gasteiger partial charge in [0.05, 0.1) is 17.1 Å². The Morgan fingerprint density at radius 3 is 2.46 bits per heavy atom. The maximum Gasteiger partial charge on any atom is 0.410 e. The number of hydrogen-bond acceptors (Lipinski definition) is 6. The van der Waals surface area contributed by atoms with Gasteiger partial charge in [-0.3, -0.25) is 19.6 Å². The molecule has 3 saturated heterocycles. The van der Waals surface area contributed by atoms with Gasteiger partial charge in [0.25, 0.3) is 0 Å². The number of aromatic nitrogens is 2. The summed E-state index contributed by atoms with van der Waals surface area (Å²) in [6, 6.07) is 6.32. The second-order valence-corrected chi connectivity index (χ2v) is 11.2. The van der Waals surface area contributed by atoms with Gasteiger partial charge in [-0.1, -0.05) is 0 Å². The molecule has 5 rings (SSSR count). The molecule has 9 heteroatoms. The van der Waals surface area contributed by atoms with Gasteiger partial charge < -0.3 is 14.5 Å². The first-order valence-electron chi connectivity index (χ1n) is 12.6. The van der Waals surface area contributed by atoms with Crippen LogP contribution in [0.15, 0.2) is 18.2 Å². The first kappa shape index (κ1) is 23.6. The maximum atomic E-state index is 12.4. The van der Waals surface area contributed by atoms with Crippen LogP contribution in [0.4, 0.5) is 10.5 Å². The highest BCUT2D eigenvalue weighted by Crippen LogP contribution is 2.37. The third-order valence-electron chi connectivity index (χ3n) is 7.57. The Hall–Kier alpha value is -3.10. The molecular weight excluding hydrogens is 446 g/mol. The third-order valence-corrected chi connectivity index (χ3v) is 7.57. The molecule has 1 aromatic carbocycles. The van der Waals surface area contributed by atoms with Gasteiger partial charge in [-0.2, -0.15) is 5.10 Å². The molecule has 2 aromatic rings. The number of piperidine rings is 2. The quantitative estimate of drug-likeness (QED) is 0.677. The van der Waals surface area contributed by atoms with Crippen LogP contribution < -0.4 is 10.2 Å². The minimum atomic E-state index is -0.458. The Morgan fingerprint density at radius 2 is 1.80 bits per heavy atom. The number of fused-ring (bicyclic) bond motifs is 1. The van der Waals surface area contributed by atoms with Crippen molar-refractivity contribution in [2.24, 2.45) is 18.9 Å². The minimum absolute atomic E-state index is 0.202. The van der Waals surface area contributed by atoms with Crippen LogP contribution in [0.25, 0.3) is 10.9 Å². The number of amides is 3. The minimum Gasteiger partial charge on any atom is -0.444 e. The van der Waals surface area contributed by atoms with Gasteiger partial charge in [-0.05, 0) is 70.1 Å². The van der Waals surface area contributed by atoms with Gasteiger partial charge in [-0.25, -0.2) is 4.79 Å². The average molecular weight is 482 g/mol. The molecule has 0 bridgehead atoms. The zero-order valence-electron chi connectivity index (χ0n) is 21.0. The molecule has 3 aliphatic rings. The van der Waals surface area contributed by atoms with Crippen molar-refractivity contribution >= 4 is 34.5 Å². The fourth-order valence-corrected chi connectivity index (χ4v) is 5.58. The monoisotopic (exact) mass is 481 g/mol. The van der Waals surface area contributed by atoms with Crippen LogP contribution in [-0.4, -0.2) is 64.4 Å². The number of rotatable bonds is 3. The molecule has 3 fully saturated rings. The summed E-state index contributed by atoms with van der Waals surface area (Å²) in [5.74, 6) is 0.411. The molecular formula is C26H35N5O4. The molecule has 1 N–H and O–H groups in total. The molecule has 1 unspecified atom stereocenters. The average Bonchev–Trinajstić information content (AvgIpc) is 3.08. The highest BCUT2D eigenvalue weighted by Gasteiger charge is 2.37. The molecule has 1 aromatic heterocycles. The first-order chi connectivity index (χ1) is 16.6. The highest BCUT2D eigenvalue weighted by atomic mass is 16.6. The van der Waals surface area contributed by atoms with Crippen molar-refractivity contribution in [3.05, 3.63) is 23.9 Å². The van der Waals surface area contributed by atoms with Crippen molar-refractivity contribution in [2.75, 3.05) is 31.1 Å². The van der Waals surface area contributed by atoms with E-state index in [0.717, 1.165) is 61.3 Å². The molecule has 35 heavy (non-hydrogen) atoms. The summed E-state index contributed by atoms with van der Waals surface area (Å²) < 4.78 is 7.35. The van der Waals surface area contributed by atoms with Gasteiger partial charge in [0.2, 0.25) is 11.8 Å². The predicted octanol–water partition coefficient (Wildman–Crippen LogP) is 3.18. The highest BCUT2D eigenvalue weighted by molar-refractivity contribution is 6.02. The summed E-state index contributed by atoms with van der Waals surface area (Å²) in [6.45, 7) is 9.26. The second-order valence-electron chi connectivity index (χ2n) is 11.2. The van der Waals surface area contributed by atoms with Crippen molar-refractivity contribution in [1.82, 2.24) is 20.0 Å². The SMILES string of the molecule is Cn1nc(C2CCC(=O)NC2=O)c2ccc(N3CC(C4CCN(C(=O)OC(C)(C)C)CC4)C3)cc21. The number of aryl methyl sites for hydroxylation is 1. The Balaban J connectivity index is 1.19. The largest absolute Gasteiger partial charge is 0.444 e. The van der Waals surface area contributed by atoms with Crippen LogP contribution in [0.1, 0.15) is 58.1 Å². The zero-order valence-corrected chi connectivity index (χ0v) is 21.0. The van der Waals surface area contributed by atoms with Crippen molar-refractivity contribution < 1.29 is 19.1 Å². The standard InChI is InChI=1S/C26H35N5O4/c1-26(2,3)35-25(34)30-11-9-16(10-12-30)17-14-31(15-17)18-5-6-19-21(13-18)29(4)28-23(19)20-7-8-22(32)27-24(20)33/h5-6,13,16-17,20H,7-12,14-15H2,1-4H3,(H,27,32,33). The van der Waals surface area contributed by atoms with Crippen LogP contribution in [0.2, 0.25) is 0 Å². The number of benzene rings is 1. The number of nitrogens with zero attached hydrogens (tertiary/aromatic N) is 4. The molecule has 4 heterocycles. The van der Waals surface area contributed by atoms with Gasteiger partial charge in [0.15, 0.2) is 0 Å². The second kappa shape index (κ2) is 8.84. The van der Waals surface area contributed by atoms with Gasteiger partial charge in [-0.15, -0.1) is 0 Å². The zero-order chi connectivity index (χ0) is 24.9. The molecule has 0 aliphatic carbocycles. The van der Waals surface area contributed by atoms with Crippen LogP contribution in [0.3, 0.4) is 0 Å². The molecule has 0 saturated carbocycles. The molecule has 188 valence electrons. The van der Waals surface area contributed by atoms with Crippen LogP contribution in [0, 0.1) is 11.8 Å². The summed E-state index contributed by atoms with van der Waals surface area (Å²) in [4.78, 5) is 40.5. The molecule has 3 aliphatic heterocycles. The van der Waals surface area contributed by atoms with E-state index in [0.29, 0.717) is 24.7 Å². The van der Waals surface area contributed by atoms with E-state index in [1.807, 2.05) is 37.4 Å². The number of carbonyl (C=O) groups is 3. The van der Waals surface area contributed by atoms with E-state index in [9.17, 15) is 14.4 Å². The third kappa shape index (κ3) is 4.73. The lowest BCUT2D eigenvalue weighted by Crippen LogP contribution is -2.53. The Kier molecular flexibility index (Phi) is 5.97. The fourth-order valence-electron chi connectivity index (χ4n) is 5.58. The summed E-state index contributed by atoms with van der Waals surface area (Å²) in [5, 5.41) is 8.06. The molecule has 0 radical (unpaired) electrons. The lowest BCUT2D eigenvalue weighted by molar-refractivity contribution is -0.134. The van der Waals surface area contributed by atoms with Gasteiger partial charge in [0.1, 0.15) is 5.60 Å². The number of nitrogens with one attached hydrogen (secondary N) is 1. The number of carbonyl (C=O) groups excluding carboxylic acids is 3. The molecule has 0 spiro atoms. The number of ether oxygens (including phenoxy) is 1. The van der Waals surface area contributed by atoms with Crippen LogP contribution >= 0.6 is 0 Å². The van der Waals surface area contributed by atoms with E-state index < -0.39 is 5.60 Å². The van der Waals surface area contributed by atoms with E-state index in [2.05, 4.69) is 33.5 Å². The predicted molar refractivity (Wildman–Crippen MR) is 132 cm³/mol. The van der Waals surface area contributed by atoms with E-state index in [4.69, 9.17) is 4.74 Å². The number of hydrogen-bond donors (Lipinski definition) is 1. The van der Waals surface area contributed by atoms with Crippen molar-refractivity contribution in [3.63, 3.8) is 0 Å². The van der Waals surface area contributed by atoms with Crippen molar-refractivity contribution in [1.29, 1.82) is 0 Å². The lowest BCUT2D eigenvalue weighted by Gasteiger charge is -2.47. The van der Waals surface area contributed by atoms with Crippen LogP contribution in [0.5, 0.6) is 0 Å². The molecule has 1 atom stereocenters. The van der Waals surface area contributed by atoms with E-state index in [1.165, 1.54) is 0 Å². The Labute approximate surface area is 205 Å². The number of likely N-dealkylation sites (tertiary alicyclic amines) is 1.